The van der Waals surface area contributed by atoms with Crippen LogP contribution in [-0.4, -0.2) is 352 Å². The first-order chi connectivity index (χ1) is 56.8. The van der Waals surface area contributed by atoms with Crippen molar-refractivity contribution < 1.29 is 163 Å². The third-order valence-electron chi connectivity index (χ3n) is 22.9. The number of hydrogen-bond donors (Lipinski definition) is 21. The summed E-state index contributed by atoms with van der Waals surface area (Å²) in [6, 6.07) is -4.72. The van der Waals surface area contributed by atoms with Gasteiger partial charge in [-0.15, -0.1) is 0 Å². The van der Waals surface area contributed by atoms with Gasteiger partial charge < -0.3 is 165 Å². The molecule has 0 spiro atoms. The van der Waals surface area contributed by atoms with E-state index < -0.39 is 254 Å². The molecule has 0 aromatic carbocycles. The van der Waals surface area contributed by atoms with Gasteiger partial charge in [-0.2, -0.15) is 0 Å². The number of carbonyl (C=O) groups excluding carboxylic acids is 3. The van der Waals surface area contributed by atoms with Crippen molar-refractivity contribution in [1.82, 2.24) is 16.0 Å². The van der Waals surface area contributed by atoms with Gasteiger partial charge in [0, 0.05) is 20.3 Å². The molecule has 12 unspecified atom stereocenters. The van der Waals surface area contributed by atoms with Crippen LogP contribution in [0.1, 0.15) is 233 Å². The Morgan fingerprint density at radius 2 is 0.636 bits per heavy atom. The van der Waals surface area contributed by atoms with Gasteiger partial charge in [-0.3, -0.25) is 14.4 Å². The average Bonchev–Trinajstić information content (AvgIpc) is 0.824. The van der Waals surface area contributed by atoms with Crippen LogP contribution >= 0.6 is 0 Å². The Hall–Kier alpha value is -3.31. The molecular formula is C82H147N3O33. The minimum absolute atomic E-state index is 0.166. The number of hydrogen-bond acceptors (Lipinski definition) is 33. The molecular weight excluding hydrogens is 1550 g/mol. The maximum atomic E-state index is 13.6. The molecule has 6 saturated heterocycles. The summed E-state index contributed by atoms with van der Waals surface area (Å²) in [5, 5.41) is 209. The number of nitrogens with one attached hydrogen (secondary N) is 3. The summed E-state index contributed by atoms with van der Waals surface area (Å²) in [6.07, 6.45) is -12.1. The van der Waals surface area contributed by atoms with Gasteiger partial charge in [0.05, 0.1) is 58.4 Å². The van der Waals surface area contributed by atoms with Crippen LogP contribution in [-0.2, 0) is 71.2 Å². The Kier molecular flexibility index (Phi) is 49.6. The molecule has 0 bridgehead atoms. The largest absolute Gasteiger partial charge is 0.394 e. The van der Waals surface area contributed by atoms with E-state index in [-0.39, 0.29) is 12.3 Å². The van der Waals surface area contributed by atoms with Crippen molar-refractivity contribution >= 4 is 17.7 Å². The smallest absolute Gasteiger partial charge is 0.220 e. The minimum Gasteiger partial charge on any atom is -0.394 e. The second-order valence-corrected chi connectivity index (χ2v) is 32.4. The highest BCUT2D eigenvalue weighted by molar-refractivity contribution is 5.76. The number of rotatable bonds is 57. The molecule has 0 radical (unpaired) electrons. The van der Waals surface area contributed by atoms with Crippen LogP contribution in [0.25, 0.3) is 0 Å². The first-order valence-electron chi connectivity index (χ1n) is 43.6. The summed E-state index contributed by atoms with van der Waals surface area (Å²) in [4.78, 5) is 39.6. The van der Waals surface area contributed by atoms with Crippen molar-refractivity contribution in [2.75, 3.05) is 46.2 Å². The first kappa shape index (κ1) is 103. The van der Waals surface area contributed by atoms with Crippen LogP contribution in [0.15, 0.2) is 24.3 Å². The molecule has 6 rings (SSSR count). The van der Waals surface area contributed by atoms with E-state index in [1.54, 1.807) is 6.08 Å². The lowest BCUT2D eigenvalue weighted by Crippen LogP contribution is -2.71. The number of ether oxygens (including phenoxy) is 12. The SMILES string of the molecule is CCCCCCCC/C=C\CCCCCCCCCCCCCC(=O)N[C@@H](CO[C@@H]1OC(CO)[C@@H](O[C@@H]2OC(CO)[C@H](O)[C@H](O[C@@H]3OC(CO)[C@@H](O)[C@H](O[C@@H]4OC(CO)[C@H](O)[C@H](O[C@@H]5OC(CO)[C@@H](O)[C@H](O[C@@H]6OC(CO)[C@H](O)[C@H](O)C6O)C5NC(C)=O)C4O)C3NC(C)=O)C2O)[C@H](O)C1O)[C@H](O)/C=C/CCCCCCCCCCCCC. The molecule has 36 heteroatoms. The van der Waals surface area contributed by atoms with Crippen molar-refractivity contribution in [1.29, 1.82) is 0 Å². The fourth-order valence-electron chi connectivity index (χ4n) is 15.8. The Labute approximate surface area is 694 Å². The van der Waals surface area contributed by atoms with Gasteiger partial charge in [0.25, 0.3) is 0 Å². The molecule has 6 aliphatic rings. The second-order valence-electron chi connectivity index (χ2n) is 32.4. The highest BCUT2D eigenvalue weighted by Crippen LogP contribution is 2.38. The third kappa shape index (κ3) is 32.6. The van der Waals surface area contributed by atoms with Gasteiger partial charge in [-0.05, 0) is 44.9 Å². The number of aliphatic hydroxyl groups is 18. The fraction of sp³-hybridized carbons (Fsp3) is 0.915. The summed E-state index contributed by atoms with van der Waals surface area (Å²) in [5.74, 6) is -2.10. The molecule has 21 N–H and O–H groups in total. The quantitative estimate of drug-likeness (QED) is 0.0274. The van der Waals surface area contributed by atoms with Crippen molar-refractivity contribution in [2.24, 2.45) is 0 Å². The van der Waals surface area contributed by atoms with Crippen molar-refractivity contribution in [3.8, 4) is 0 Å². The van der Waals surface area contributed by atoms with E-state index in [0.717, 1.165) is 71.6 Å². The molecule has 688 valence electrons. The molecule has 36 nitrogen and oxygen atoms in total. The normalized spacial score (nSPS) is 36.0. The number of unbranched alkanes of at least 4 members (excludes halogenated alkanes) is 28. The average molecular weight is 1700 g/mol. The minimum atomic E-state index is -2.30. The molecule has 6 heterocycles. The molecule has 32 atom stereocenters. The van der Waals surface area contributed by atoms with Crippen LogP contribution in [0.4, 0.5) is 0 Å². The van der Waals surface area contributed by atoms with Crippen LogP contribution in [0.3, 0.4) is 0 Å². The Bertz CT molecular complexity index is 2760. The zero-order valence-corrected chi connectivity index (χ0v) is 69.5. The van der Waals surface area contributed by atoms with E-state index >= 15 is 0 Å². The Morgan fingerprint density at radius 1 is 0.331 bits per heavy atom. The van der Waals surface area contributed by atoms with E-state index in [4.69, 9.17) is 56.8 Å². The first-order valence-corrected chi connectivity index (χ1v) is 43.6. The molecule has 118 heavy (non-hydrogen) atoms. The molecule has 0 aliphatic carbocycles. The lowest BCUT2D eigenvalue weighted by molar-refractivity contribution is -0.386. The third-order valence-corrected chi connectivity index (χ3v) is 22.9. The summed E-state index contributed by atoms with van der Waals surface area (Å²) >= 11 is 0. The molecule has 6 aliphatic heterocycles. The maximum absolute atomic E-state index is 13.6. The summed E-state index contributed by atoms with van der Waals surface area (Å²) in [6.45, 7) is -0.0197. The van der Waals surface area contributed by atoms with Crippen LogP contribution < -0.4 is 16.0 Å². The topological polar surface area (TPSA) is 562 Å². The van der Waals surface area contributed by atoms with Gasteiger partial charge >= 0.3 is 0 Å². The van der Waals surface area contributed by atoms with Crippen LogP contribution in [0.2, 0.25) is 0 Å². The Morgan fingerprint density at radius 3 is 1.02 bits per heavy atom. The van der Waals surface area contributed by atoms with Gasteiger partial charge in [-0.25, -0.2) is 0 Å². The molecule has 6 fully saturated rings. The lowest BCUT2D eigenvalue weighted by atomic mass is 9.93. The van der Waals surface area contributed by atoms with Crippen molar-refractivity contribution in [3.63, 3.8) is 0 Å². The predicted molar refractivity (Wildman–Crippen MR) is 421 cm³/mol. The number of aliphatic hydroxyl groups excluding tert-OH is 18. The predicted octanol–water partition coefficient (Wildman–Crippen LogP) is -0.307. The van der Waals surface area contributed by atoms with E-state index in [0.29, 0.717) is 12.8 Å². The van der Waals surface area contributed by atoms with Crippen LogP contribution in [0, 0.1) is 0 Å². The summed E-state index contributed by atoms with van der Waals surface area (Å²) < 4.78 is 71.3. The molecule has 0 saturated carbocycles. The van der Waals surface area contributed by atoms with E-state index in [1.807, 2.05) is 6.08 Å². The zero-order chi connectivity index (χ0) is 86.2. The highest BCUT2D eigenvalue weighted by Gasteiger charge is 2.59. The van der Waals surface area contributed by atoms with Crippen LogP contribution in [0.5, 0.6) is 0 Å². The monoisotopic (exact) mass is 1700 g/mol. The van der Waals surface area contributed by atoms with Gasteiger partial charge in [0.1, 0.15) is 146 Å². The van der Waals surface area contributed by atoms with Gasteiger partial charge in [0.2, 0.25) is 17.7 Å². The fourth-order valence-corrected chi connectivity index (χ4v) is 15.8. The Balaban J connectivity index is 1.09. The standard InChI is InChI=1S/C82H147N3O33/c1-5-7-9-11-13-15-17-19-20-21-22-23-24-25-26-28-30-32-34-36-38-40-58(95)85-50(51(94)39-37-35-33-31-29-27-18-16-14-12-10-8-6-2)47-107-79-69(104)67(102)72(57(46-91)113-79)114-81-70(105)75(64(99)55(44-89)111-81)117-78-60(84-49(4)93)74(63(98)54(43-88)109-78)116-82-71(106)76(65(100)56(45-90)112-82)118-77-59(83-48(3)92)73(62(97)53(42-87)108-77)115-80-68(103)66(101)61(96)52(41-86)110-80/h19-20,37,39,50-57,59-82,86-91,94,96-106H,5-18,21-36,38,40-47H2,1-4H3,(H,83,92)(H,84,93)(H,85,95)/b20-19-,39-37+/t50-,51+,52?,53?,54?,55?,56?,57?,59?,60?,61-,62+,63+,64-,65-,66-,67+,68?,69?,70?,71?,72+,73+,74+,75-,76-,77-,78-,79+,80-,81-,82-/m0/s1. The molecule has 0 aromatic rings. The summed E-state index contributed by atoms with van der Waals surface area (Å²) in [7, 11) is 0. The van der Waals surface area contributed by atoms with E-state index in [9.17, 15) is 106 Å². The van der Waals surface area contributed by atoms with Gasteiger partial charge in [-0.1, -0.05) is 192 Å². The number of carbonyl (C=O) groups is 3. The van der Waals surface area contributed by atoms with E-state index in [2.05, 4.69) is 41.9 Å². The number of allylic oxidation sites excluding steroid dienone is 3. The second kappa shape index (κ2) is 56.6. The number of amides is 3. The molecule has 0 aromatic heterocycles. The highest BCUT2D eigenvalue weighted by atomic mass is 16.8. The van der Waals surface area contributed by atoms with E-state index in [1.165, 1.54) is 128 Å². The summed E-state index contributed by atoms with van der Waals surface area (Å²) in [5.41, 5.74) is 0. The zero-order valence-electron chi connectivity index (χ0n) is 69.5. The van der Waals surface area contributed by atoms with Crippen molar-refractivity contribution in [2.45, 2.75) is 429 Å². The van der Waals surface area contributed by atoms with Crippen molar-refractivity contribution in [3.05, 3.63) is 24.3 Å². The molecule has 3 amide bonds. The van der Waals surface area contributed by atoms with Gasteiger partial charge in [0.15, 0.2) is 37.7 Å². The lowest BCUT2D eigenvalue weighted by Gasteiger charge is -2.51. The maximum Gasteiger partial charge on any atom is 0.220 e.